The fraction of sp³-hybridized carbons (Fsp3) is 0.562. The second-order valence-corrected chi connectivity index (χ2v) is 5.34. The van der Waals surface area contributed by atoms with Gasteiger partial charge in [0, 0.05) is 18.7 Å². The molecule has 0 radical (unpaired) electrons. The molecule has 1 aromatic rings. The van der Waals surface area contributed by atoms with E-state index in [4.69, 9.17) is 0 Å². The molecule has 1 saturated carbocycles. The Labute approximate surface area is 116 Å². The number of para-hydroxylation sites is 1. The van der Waals surface area contributed by atoms with Gasteiger partial charge in [-0.3, -0.25) is 4.79 Å². The number of carbonyl (C=O) groups excluding carboxylic acids is 1. The van der Waals surface area contributed by atoms with Crippen LogP contribution in [0.4, 0.5) is 5.69 Å². The van der Waals surface area contributed by atoms with E-state index in [1.54, 1.807) is 0 Å². The Balaban J connectivity index is 1.98. The molecule has 19 heavy (non-hydrogen) atoms. The van der Waals surface area contributed by atoms with Crippen LogP contribution in [0.1, 0.15) is 32.1 Å². The van der Waals surface area contributed by atoms with Crippen LogP contribution >= 0.6 is 0 Å². The maximum Gasteiger partial charge on any atom is 0.227 e. The van der Waals surface area contributed by atoms with Crippen LogP contribution in [0.3, 0.4) is 0 Å². The minimum absolute atomic E-state index is 0.258. The molecular formula is C16H24N2O. The van der Waals surface area contributed by atoms with E-state index < -0.39 is 0 Å². The van der Waals surface area contributed by atoms with Crippen LogP contribution < -0.4 is 10.2 Å². The highest BCUT2D eigenvalue weighted by molar-refractivity contribution is 5.93. The van der Waals surface area contributed by atoms with Gasteiger partial charge in [-0.1, -0.05) is 24.6 Å². The molecule has 1 fully saturated rings. The van der Waals surface area contributed by atoms with Crippen molar-refractivity contribution < 1.29 is 4.79 Å². The van der Waals surface area contributed by atoms with Crippen molar-refractivity contribution in [2.24, 2.45) is 5.92 Å². The van der Waals surface area contributed by atoms with Crippen molar-refractivity contribution in [2.75, 3.05) is 25.0 Å². The number of nitrogens with one attached hydrogen (secondary N) is 1. The molecule has 1 N–H and O–H groups in total. The second-order valence-electron chi connectivity index (χ2n) is 5.34. The molecule has 0 saturated heterocycles. The minimum atomic E-state index is 0.258. The third-order valence-electron chi connectivity index (χ3n) is 3.85. The Kier molecular flexibility index (Phi) is 5.40. The molecule has 0 heterocycles. The van der Waals surface area contributed by atoms with Gasteiger partial charge in [0.2, 0.25) is 5.91 Å². The predicted molar refractivity (Wildman–Crippen MR) is 79.3 cm³/mol. The molecule has 104 valence electrons. The lowest BCUT2D eigenvalue weighted by molar-refractivity contribution is -0.118. The van der Waals surface area contributed by atoms with Crippen molar-refractivity contribution in [3.8, 4) is 0 Å². The zero-order valence-electron chi connectivity index (χ0n) is 11.8. The fourth-order valence-corrected chi connectivity index (χ4v) is 2.44. The van der Waals surface area contributed by atoms with E-state index in [0.717, 1.165) is 25.2 Å². The topological polar surface area (TPSA) is 32.3 Å². The SMILES string of the molecule is CNCCCC(=O)N(CC1CCC1)c1ccccc1. The summed E-state index contributed by atoms with van der Waals surface area (Å²) in [5.41, 5.74) is 1.05. The maximum atomic E-state index is 12.4. The van der Waals surface area contributed by atoms with E-state index in [-0.39, 0.29) is 5.91 Å². The number of rotatable bonds is 7. The van der Waals surface area contributed by atoms with Crippen molar-refractivity contribution in [2.45, 2.75) is 32.1 Å². The van der Waals surface area contributed by atoms with Gasteiger partial charge in [-0.25, -0.2) is 0 Å². The van der Waals surface area contributed by atoms with Crippen LogP contribution in [0.5, 0.6) is 0 Å². The van der Waals surface area contributed by atoms with Gasteiger partial charge < -0.3 is 10.2 Å². The summed E-state index contributed by atoms with van der Waals surface area (Å²) < 4.78 is 0. The smallest absolute Gasteiger partial charge is 0.227 e. The van der Waals surface area contributed by atoms with Crippen molar-refractivity contribution in [1.29, 1.82) is 0 Å². The Hall–Kier alpha value is -1.35. The lowest BCUT2D eigenvalue weighted by Gasteiger charge is -2.32. The normalized spacial score (nSPS) is 15.0. The van der Waals surface area contributed by atoms with Crippen LogP contribution in [0.25, 0.3) is 0 Å². The summed E-state index contributed by atoms with van der Waals surface area (Å²) in [7, 11) is 1.92. The van der Waals surface area contributed by atoms with E-state index in [1.807, 2.05) is 42.3 Å². The van der Waals surface area contributed by atoms with Crippen molar-refractivity contribution in [3.05, 3.63) is 30.3 Å². The number of hydrogen-bond acceptors (Lipinski definition) is 2. The maximum absolute atomic E-state index is 12.4. The highest BCUT2D eigenvalue weighted by Crippen LogP contribution is 2.29. The van der Waals surface area contributed by atoms with E-state index in [9.17, 15) is 4.79 Å². The number of anilines is 1. The summed E-state index contributed by atoms with van der Waals surface area (Å²) in [4.78, 5) is 14.4. The fourth-order valence-electron chi connectivity index (χ4n) is 2.44. The van der Waals surface area contributed by atoms with Crippen molar-refractivity contribution >= 4 is 11.6 Å². The molecular weight excluding hydrogens is 236 g/mol. The molecule has 0 unspecified atom stereocenters. The van der Waals surface area contributed by atoms with Gasteiger partial charge in [0.1, 0.15) is 0 Å². The predicted octanol–water partition coefficient (Wildman–Crippen LogP) is 2.82. The summed E-state index contributed by atoms with van der Waals surface area (Å²) in [6, 6.07) is 10.1. The van der Waals surface area contributed by atoms with Crippen LogP contribution in [0.2, 0.25) is 0 Å². The van der Waals surface area contributed by atoms with E-state index in [1.165, 1.54) is 19.3 Å². The number of benzene rings is 1. The van der Waals surface area contributed by atoms with E-state index >= 15 is 0 Å². The highest BCUT2D eigenvalue weighted by Gasteiger charge is 2.24. The van der Waals surface area contributed by atoms with Gasteiger partial charge in [-0.2, -0.15) is 0 Å². The van der Waals surface area contributed by atoms with E-state index in [0.29, 0.717) is 12.3 Å². The molecule has 0 aromatic heterocycles. The number of amides is 1. The Morgan fingerprint density at radius 2 is 2.05 bits per heavy atom. The quantitative estimate of drug-likeness (QED) is 0.765. The Morgan fingerprint density at radius 1 is 1.32 bits per heavy atom. The molecule has 1 amide bonds. The average Bonchev–Trinajstić information content (AvgIpc) is 2.39. The zero-order valence-corrected chi connectivity index (χ0v) is 11.8. The summed E-state index contributed by atoms with van der Waals surface area (Å²) in [5.74, 6) is 0.960. The van der Waals surface area contributed by atoms with E-state index in [2.05, 4.69) is 5.32 Å². The Morgan fingerprint density at radius 3 is 2.63 bits per heavy atom. The van der Waals surface area contributed by atoms with Crippen LogP contribution in [0.15, 0.2) is 30.3 Å². The third kappa shape index (κ3) is 4.06. The molecule has 0 bridgehead atoms. The van der Waals surface area contributed by atoms with Crippen molar-refractivity contribution in [1.82, 2.24) is 5.32 Å². The van der Waals surface area contributed by atoms with Gasteiger partial charge in [-0.15, -0.1) is 0 Å². The molecule has 0 spiro atoms. The summed E-state index contributed by atoms with van der Waals surface area (Å²) in [5, 5.41) is 3.09. The number of nitrogens with zero attached hydrogens (tertiary/aromatic N) is 1. The van der Waals surface area contributed by atoms with Gasteiger partial charge in [0.05, 0.1) is 0 Å². The largest absolute Gasteiger partial charge is 0.320 e. The summed E-state index contributed by atoms with van der Waals surface area (Å²) in [6.45, 7) is 1.79. The molecule has 1 aromatic carbocycles. The van der Waals surface area contributed by atoms with Crippen LogP contribution in [0, 0.1) is 5.92 Å². The molecule has 1 aliphatic carbocycles. The van der Waals surface area contributed by atoms with Crippen LogP contribution in [-0.2, 0) is 4.79 Å². The van der Waals surface area contributed by atoms with Gasteiger partial charge in [-0.05, 0) is 50.9 Å². The number of hydrogen-bond donors (Lipinski definition) is 1. The van der Waals surface area contributed by atoms with Crippen LogP contribution in [-0.4, -0.2) is 26.0 Å². The molecule has 1 aliphatic rings. The minimum Gasteiger partial charge on any atom is -0.320 e. The van der Waals surface area contributed by atoms with Gasteiger partial charge in [0.15, 0.2) is 0 Å². The first-order chi connectivity index (χ1) is 9.31. The first-order valence-electron chi connectivity index (χ1n) is 7.31. The van der Waals surface area contributed by atoms with Crippen molar-refractivity contribution in [3.63, 3.8) is 0 Å². The monoisotopic (exact) mass is 260 g/mol. The van der Waals surface area contributed by atoms with Gasteiger partial charge in [0.25, 0.3) is 0 Å². The first kappa shape index (κ1) is 14.1. The third-order valence-corrected chi connectivity index (χ3v) is 3.85. The van der Waals surface area contributed by atoms with Gasteiger partial charge >= 0.3 is 0 Å². The lowest BCUT2D eigenvalue weighted by atomic mass is 9.85. The molecule has 3 heteroatoms. The standard InChI is InChI=1S/C16H24N2O/c1-17-12-6-11-16(19)18(13-14-7-5-8-14)15-9-3-2-4-10-15/h2-4,9-10,14,17H,5-8,11-13H2,1H3. The zero-order chi connectivity index (χ0) is 13.5. The second kappa shape index (κ2) is 7.29. The lowest BCUT2D eigenvalue weighted by Crippen LogP contribution is -2.37. The Bertz CT molecular complexity index is 387. The summed E-state index contributed by atoms with van der Waals surface area (Å²) >= 11 is 0. The summed E-state index contributed by atoms with van der Waals surface area (Å²) in [6.07, 6.45) is 5.40. The molecule has 3 nitrogen and oxygen atoms in total. The molecule has 2 rings (SSSR count). The molecule has 0 aliphatic heterocycles. The number of carbonyl (C=O) groups is 1. The first-order valence-corrected chi connectivity index (χ1v) is 7.31. The highest BCUT2D eigenvalue weighted by atomic mass is 16.2. The molecule has 0 atom stereocenters. The average molecular weight is 260 g/mol.